The molecule has 0 aliphatic heterocycles. The summed E-state index contributed by atoms with van der Waals surface area (Å²) >= 11 is 1.79. The topological polar surface area (TPSA) is 47.9 Å². The van der Waals surface area contributed by atoms with Gasteiger partial charge in [0.1, 0.15) is 0 Å². The molecule has 0 spiro atoms. The maximum Gasteiger partial charge on any atom is 0.242 e. The Kier molecular flexibility index (Phi) is 10.3. The lowest BCUT2D eigenvalue weighted by molar-refractivity contribution is -0.131. The molecule has 1 atom stereocenters. The van der Waals surface area contributed by atoms with Crippen LogP contribution in [0.25, 0.3) is 0 Å². The second-order valence-electron chi connectivity index (χ2n) is 4.66. The van der Waals surface area contributed by atoms with E-state index in [0.29, 0.717) is 11.8 Å². The highest BCUT2D eigenvalue weighted by Gasteiger charge is 2.15. The fourth-order valence-electron chi connectivity index (χ4n) is 1.71. The van der Waals surface area contributed by atoms with Gasteiger partial charge in [-0.15, -0.1) is 0 Å². The third kappa shape index (κ3) is 7.03. The average Bonchev–Trinajstić information content (AvgIpc) is 2.44. The molecule has 0 aromatic carbocycles. The normalized spacial score (nSPS) is 13.0. The van der Waals surface area contributed by atoms with E-state index in [1.807, 2.05) is 37.6 Å². The van der Waals surface area contributed by atoms with Gasteiger partial charge in [-0.25, -0.2) is 0 Å². The Labute approximate surface area is 128 Å². The first-order chi connectivity index (χ1) is 9.49. The summed E-state index contributed by atoms with van der Waals surface area (Å²) < 4.78 is 0. The van der Waals surface area contributed by atoms with Crippen molar-refractivity contribution in [1.82, 2.24) is 15.1 Å². The number of likely N-dealkylation sites (N-methyl/N-ethyl adjacent to an activating group) is 2. The fourth-order valence-corrected chi connectivity index (χ4v) is 1.94. The van der Waals surface area contributed by atoms with Crippen molar-refractivity contribution < 1.29 is 4.79 Å². The van der Waals surface area contributed by atoms with Gasteiger partial charge in [0.25, 0.3) is 0 Å². The number of hydrogen-bond acceptors (Lipinski definition) is 3. The van der Waals surface area contributed by atoms with Gasteiger partial charge in [-0.2, -0.15) is 11.8 Å². The second kappa shape index (κ2) is 10.8. The van der Waals surface area contributed by atoms with Crippen LogP contribution >= 0.6 is 11.8 Å². The second-order valence-corrected chi connectivity index (χ2v) is 5.94. The van der Waals surface area contributed by atoms with Crippen molar-refractivity contribution in [3.8, 4) is 0 Å². The number of rotatable bonds is 8. The summed E-state index contributed by atoms with van der Waals surface area (Å²) in [5.74, 6) is 0.940. The zero-order valence-corrected chi connectivity index (χ0v) is 14.6. The molecule has 0 fully saturated rings. The summed E-state index contributed by atoms with van der Waals surface area (Å²) in [5, 5.41) is 3.72. The van der Waals surface area contributed by atoms with E-state index in [0.717, 1.165) is 32.1 Å². The van der Waals surface area contributed by atoms with Crippen LogP contribution in [0.15, 0.2) is 4.99 Å². The molecule has 0 saturated carbocycles. The lowest BCUT2D eigenvalue weighted by Gasteiger charge is -2.25. The number of aliphatic imine (C=N–C) groups is 1. The fraction of sp³-hybridized carbons (Fsp3) is 0.857. The van der Waals surface area contributed by atoms with E-state index in [2.05, 4.69) is 23.5 Å². The molecule has 0 radical (unpaired) electrons. The Morgan fingerprint density at radius 3 is 2.35 bits per heavy atom. The van der Waals surface area contributed by atoms with Gasteiger partial charge < -0.3 is 15.1 Å². The van der Waals surface area contributed by atoms with Crippen molar-refractivity contribution in [2.45, 2.75) is 32.9 Å². The predicted octanol–water partition coefficient (Wildman–Crippen LogP) is 1.50. The molecule has 6 heteroatoms. The van der Waals surface area contributed by atoms with Gasteiger partial charge in [0.15, 0.2) is 5.96 Å². The Balaban J connectivity index is 4.63. The van der Waals surface area contributed by atoms with Gasteiger partial charge in [0.05, 0.1) is 13.1 Å². The van der Waals surface area contributed by atoms with Crippen LogP contribution in [0.3, 0.4) is 0 Å². The first-order valence-electron chi connectivity index (χ1n) is 7.30. The van der Waals surface area contributed by atoms with Crippen LogP contribution in [0.4, 0.5) is 0 Å². The van der Waals surface area contributed by atoms with E-state index >= 15 is 0 Å². The van der Waals surface area contributed by atoms with E-state index in [1.165, 1.54) is 0 Å². The third-order valence-corrected chi connectivity index (χ3v) is 4.04. The predicted molar refractivity (Wildman–Crippen MR) is 89.5 cm³/mol. The maximum atomic E-state index is 12.1. The summed E-state index contributed by atoms with van der Waals surface area (Å²) in [6.07, 6.45) is 2.08. The van der Waals surface area contributed by atoms with Gasteiger partial charge in [0, 0.05) is 31.9 Å². The van der Waals surface area contributed by atoms with Crippen molar-refractivity contribution in [2.24, 2.45) is 4.99 Å². The van der Waals surface area contributed by atoms with Crippen LogP contribution in [0, 0.1) is 0 Å². The van der Waals surface area contributed by atoms with E-state index < -0.39 is 0 Å². The number of guanidine groups is 1. The van der Waals surface area contributed by atoms with E-state index in [1.54, 1.807) is 11.8 Å². The largest absolute Gasteiger partial charge is 0.357 e. The van der Waals surface area contributed by atoms with E-state index in [4.69, 9.17) is 0 Å². The summed E-state index contributed by atoms with van der Waals surface area (Å²) in [6.45, 7) is 11.6. The molecule has 0 aliphatic carbocycles. The van der Waals surface area contributed by atoms with Crippen LogP contribution in [-0.4, -0.2) is 72.9 Å². The van der Waals surface area contributed by atoms with Crippen LogP contribution < -0.4 is 5.32 Å². The molecule has 0 heterocycles. The lowest BCUT2D eigenvalue weighted by atomic mass is 10.4. The SMILES string of the molecule is CCNC(=NCC(C)SC)N(C)CC(=O)N(CC)CC. The minimum atomic E-state index is 0.140. The van der Waals surface area contributed by atoms with Gasteiger partial charge in [-0.05, 0) is 27.0 Å². The van der Waals surface area contributed by atoms with E-state index in [9.17, 15) is 4.79 Å². The van der Waals surface area contributed by atoms with Crippen LogP contribution in [-0.2, 0) is 4.79 Å². The number of carbonyl (C=O) groups is 1. The van der Waals surface area contributed by atoms with Gasteiger partial charge in [0.2, 0.25) is 5.91 Å². The molecule has 1 amide bonds. The number of amides is 1. The quantitative estimate of drug-likeness (QED) is 0.545. The highest BCUT2D eigenvalue weighted by atomic mass is 32.2. The maximum absolute atomic E-state index is 12.1. The van der Waals surface area contributed by atoms with Crippen LogP contribution in [0.2, 0.25) is 0 Å². The summed E-state index contributed by atoms with van der Waals surface area (Å²) in [5.41, 5.74) is 0. The molecule has 0 aliphatic rings. The number of thioether (sulfide) groups is 1. The molecule has 0 aromatic heterocycles. The molecule has 0 saturated heterocycles. The van der Waals surface area contributed by atoms with Crippen molar-refractivity contribution >= 4 is 23.6 Å². The zero-order valence-electron chi connectivity index (χ0n) is 13.8. The first kappa shape index (κ1) is 19.1. The Morgan fingerprint density at radius 2 is 1.90 bits per heavy atom. The highest BCUT2D eigenvalue weighted by Crippen LogP contribution is 2.05. The van der Waals surface area contributed by atoms with Crippen molar-refractivity contribution in [3.05, 3.63) is 0 Å². The number of nitrogens with one attached hydrogen (secondary N) is 1. The van der Waals surface area contributed by atoms with Crippen molar-refractivity contribution in [1.29, 1.82) is 0 Å². The van der Waals surface area contributed by atoms with E-state index in [-0.39, 0.29) is 5.91 Å². The van der Waals surface area contributed by atoms with Gasteiger partial charge in [-0.3, -0.25) is 9.79 Å². The molecular weight excluding hydrogens is 272 g/mol. The average molecular weight is 302 g/mol. The van der Waals surface area contributed by atoms with Crippen LogP contribution in [0.1, 0.15) is 27.7 Å². The number of nitrogens with zero attached hydrogens (tertiary/aromatic N) is 3. The molecular formula is C14H30N4OS. The molecule has 0 rings (SSSR count). The Hall–Kier alpha value is -0.910. The zero-order chi connectivity index (χ0) is 15.5. The molecule has 5 nitrogen and oxygen atoms in total. The van der Waals surface area contributed by atoms with Crippen molar-refractivity contribution in [3.63, 3.8) is 0 Å². The Morgan fingerprint density at radius 1 is 1.30 bits per heavy atom. The van der Waals surface area contributed by atoms with Gasteiger partial charge >= 0.3 is 0 Å². The summed E-state index contributed by atoms with van der Waals surface area (Å²) in [4.78, 5) is 20.4. The highest BCUT2D eigenvalue weighted by molar-refractivity contribution is 7.99. The van der Waals surface area contributed by atoms with Crippen LogP contribution in [0.5, 0.6) is 0 Å². The molecule has 1 N–H and O–H groups in total. The molecule has 0 bridgehead atoms. The first-order valence-corrected chi connectivity index (χ1v) is 8.58. The van der Waals surface area contributed by atoms with Gasteiger partial charge in [-0.1, -0.05) is 6.92 Å². The molecule has 118 valence electrons. The molecule has 1 unspecified atom stereocenters. The Bertz CT molecular complexity index is 306. The minimum Gasteiger partial charge on any atom is -0.357 e. The number of hydrogen-bond donors (Lipinski definition) is 1. The minimum absolute atomic E-state index is 0.140. The molecule has 20 heavy (non-hydrogen) atoms. The number of carbonyl (C=O) groups excluding carboxylic acids is 1. The smallest absolute Gasteiger partial charge is 0.242 e. The summed E-state index contributed by atoms with van der Waals surface area (Å²) in [7, 11) is 1.91. The molecule has 0 aromatic rings. The monoisotopic (exact) mass is 302 g/mol. The third-order valence-electron chi connectivity index (χ3n) is 3.09. The van der Waals surface area contributed by atoms with Crippen molar-refractivity contribution in [2.75, 3.05) is 46.0 Å². The summed E-state index contributed by atoms with van der Waals surface area (Å²) in [6, 6.07) is 0. The lowest BCUT2D eigenvalue weighted by Crippen LogP contribution is -2.45. The standard InChI is InChI=1S/C14H30N4OS/c1-7-15-14(16-10-12(4)20-6)17(5)11-13(19)18(8-2)9-3/h12H,7-11H2,1-6H3,(H,15,16).